The highest BCUT2D eigenvalue weighted by molar-refractivity contribution is 5.93. The molecule has 144 valence electrons. The third kappa shape index (κ3) is 4.13. The van der Waals surface area contributed by atoms with Crippen LogP contribution in [0, 0.1) is 6.92 Å². The summed E-state index contributed by atoms with van der Waals surface area (Å²) in [7, 11) is 1.78. The predicted octanol–water partition coefficient (Wildman–Crippen LogP) is 2.22. The van der Waals surface area contributed by atoms with E-state index in [0.717, 1.165) is 38.0 Å². The van der Waals surface area contributed by atoms with Gasteiger partial charge in [-0.3, -0.25) is 19.1 Å². The molecule has 0 unspecified atom stereocenters. The summed E-state index contributed by atoms with van der Waals surface area (Å²) >= 11 is 0. The Kier molecular flexibility index (Phi) is 5.78. The van der Waals surface area contributed by atoms with E-state index >= 15 is 0 Å². The minimum Gasteiger partial charge on any atom is -0.343 e. The van der Waals surface area contributed by atoms with E-state index in [9.17, 15) is 14.4 Å². The molecule has 2 aromatic rings. The Balaban J connectivity index is 1.68. The molecule has 2 amide bonds. The molecule has 0 aliphatic carbocycles. The molecule has 3 rings (SSSR count). The van der Waals surface area contributed by atoms with Crippen LogP contribution in [0.1, 0.15) is 37.8 Å². The molecular formula is C20H26N4O3. The van der Waals surface area contributed by atoms with E-state index in [4.69, 9.17) is 0 Å². The largest absolute Gasteiger partial charge is 0.343 e. The van der Waals surface area contributed by atoms with Crippen molar-refractivity contribution in [3.8, 4) is 5.69 Å². The minimum absolute atomic E-state index is 0.0105. The van der Waals surface area contributed by atoms with Gasteiger partial charge in [-0.1, -0.05) is 18.2 Å². The van der Waals surface area contributed by atoms with Crippen molar-refractivity contribution < 1.29 is 9.59 Å². The van der Waals surface area contributed by atoms with Gasteiger partial charge in [0.25, 0.3) is 5.56 Å². The molecule has 0 saturated carbocycles. The van der Waals surface area contributed by atoms with Crippen molar-refractivity contribution in [2.75, 3.05) is 18.4 Å². The van der Waals surface area contributed by atoms with Crippen LogP contribution in [0.4, 0.5) is 5.69 Å². The molecule has 1 N–H and O–H groups in total. The van der Waals surface area contributed by atoms with Crippen molar-refractivity contribution in [1.82, 2.24) is 14.3 Å². The van der Waals surface area contributed by atoms with Crippen LogP contribution in [0.5, 0.6) is 0 Å². The fourth-order valence-electron chi connectivity index (χ4n) is 3.44. The van der Waals surface area contributed by atoms with Crippen molar-refractivity contribution >= 4 is 17.5 Å². The topological polar surface area (TPSA) is 76.3 Å². The maximum atomic E-state index is 12.8. The van der Waals surface area contributed by atoms with Crippen LogP contribution in [0.2, 0.25) is 0 Å². The lowest BCUT2D eigenvalue weighted by molar-refractivity contribution is -0.133. The van der Waals surface area contributed by atoms with Crippen molar-refractivity contribution in [3.63, 3.8) is 0 Å². The summed E-state index contributed by atoms with van der Waals surface area (Å²) in [6.45, 7) is 3.34. The first-order chi connectivity index (χ1) is 13.0. The smallest absolute Gasteiger partial charge is 0.295 e. The fraction of sp³-hybridized carbons (Fsp3) is 0.450. The number of piperidine rings is 1. The number of carbonyl (C=O) groups is 2. The van der Waals surface area contributed by atoms with Crippen LogP contribution in [0.15, 0.2) is 35.1 Å². The zero-order valence-corrected chi connectivity index (χ0v) is 15.9. The number of hydrogen-bond acceptors (Lipinski definition) is 3. The number of anilines is 1. The number of amides is 2. The highest BCUT2D eigenvalue weighted by atomic mass is 16.2. The lowest BCUT2D eigenvalue weighted by atomic mass is 10.1. The van der Waals surface area contributed by atoms with Crippen molar-refractivity contribution in [2.45, 2.75) is 39.0 Å². The number of rotatable bonds is 5. The zero-order valence-electron chi connectivity index (χ0n) is 15.9. The average molecular weight is 370 g/mol. The maximum Gasteiger partial charge on any atom is 0.295 e. The van der Waals surface area contributed by atoms with Gasteiger partial charge in [0.05, 0.1) is 11.4 Å². The van der Waals surface area contributed by atoms with Gasteiger partial charge in [0.1, 0.15) is 5.69 Å². The average Bonchev–Trinajstić information content (AvgIpc) is 2.90. The van der Waals surface area contributed by atoms with Crippen LogP contribution >= 0.6 is 0 Å². The molecule has 1 aliphatic heterocycles. The van der Waals surface area contributed by atoms with Crippen LogP contribution in [0.25, 0.3) is 5.69 Å². The third-order valence-corrected chi connectivity index (χ3v) is 5.09. The lowest BCUT2D eigenvalue weighted by Crippen LogP contribution is -2.36. The number of nitrogens with zero attached hydrogens (tertiary/aromatic N) is 3. The van der Waals surface area contributed by atoms with E-state index in [1.165, 1.54) is 4.68 Å². The van der Waals surface area contributed by atoms with Crippen molar-refractivity contribution in [3.05, 3.63) is 46.4 Å². The Morgan fingerprint density at radius 1 is 1.04 bits per heavy atom. The zero-order chi connectivity index (χ0) is 19.4. The van der Waals surface area contributed by atoms with Gasteiger partial charge >= 0.3 is 0 Å². The summed E-state index contributed by atoms with van der Waals surface area (Å²) in [6.07, 6.45) is 3.46. The SMILES string of the molecule is Cc1c(NC(=O)CCC(=O)N2CCCCC2)c(=O)n(-c2ccccc2)n1C. The summed E-state index contributed by atoms with van der Waals surface area (Å²) in [5.74, 6) is -0.303. The lowest BCUT2D eigenvalue weighted by Gasteiger charge is -2.26. The molecule has 7 nitrogen and oxygen atoms in total. The number of para-hydroxylation sites is 1. The second-order valence-corrected chi connectivity index (χ2v) is 6.93. The Morgan fingerprint density at radius 3 is 2.37 bits per heavy atom. The fourth-order valence-corrected chi connectivity index (χ4v) is 3.44. The number of nitrogens with one attached hydrogen (secondary N) is 1. The second-order valence-electron chi connectivity index (χ2n) is 6.93. The molecule has 0 bridgehead atoms. The molecule has 1 saturated heterocycles. The van der Waals surface area contributed by atoms with Crippen LogP contribution < -0.4 is 10.9 Å². The van der Waals surface area contributed by atoms with E-state index in [1.54, 1.807) is 18.7 Å². The van der Waals surface area contributed by atoms with Gasteiger partial charge in [-0.2, -0.15) is 0 Å². The van der Waals surface area contributed by atoms with E-state index < -0.39 is 0 Å². The maximum absolute atomic E-state index is 12.8. The molecule has 0 radical (unpaired) electrons. The first kappa shape index (κ1) is 18.9. The number of aromatic nitrogens is 2. The molecule has 1 aliphatic rings. The monoisotopic (exact) mass is 370 g/mol. The number of hydrogen-bond donors (Lipinski definition) is 1. The standard InChI is InChI=1S/C20H26N4O3/c1-15-19(20(27)24(22(15)2)16-9-5-3-6-10-16)21-17(25)11-12-18(26)23-13-7-4-8-14-23/h3,5-6,9-10H,4,7-8,11-14H2,1-2H3,(H,21,25). The number of carbonyl (C=O) groups excluding carboxylic acids is 2. The number of likely N-dealkylation sites (tertiary alicyclic amines) is 1. The van der Waals surface area contributed by atoms with Gasteiger partial charge in [-0.05, 0) is 38.3 Å². The van der Waals surface area contributed by atoms with Crippen LogP contribution in [0.3, 0.4) is 0 Å². The van der Waals surface area contributed by atoms with Crippen molar-refractivity contribution in [1.29, 1.82) is 0 Å². The molecule has 7 heteroatoms. The Labute approximate surface area is 158 Å². The van der Waals surface area contributed by atoms with E-state index in [-0.39, 0.29) is 35.9 Å². The predicted molar refractivity (Wildman–Crippen MR) is 104 cm³/mol. The first-order valence-corrected chi connectivity index (χ1v) is 9.40. The summed E-state index contributed by atoms with van der Waals surface area (Å²) in [5.41, 5.74) is 1.38. The Morgan fingerprint density at radius 2 is 1.70 bits per heavy atom. The van der Waals surface area contributed by atoms with Gasteiger partial charge in [0.2, 0.25) is 11.8 Å². The van der Waals surface area contributed by atoms with Gasteiger partial charge in [0.15, 0.2) is 0 Å². The summed E-state index contributed by atoms with van der Waals surface area (Å²) in [6, 6.07) is 9.27. The quantitative estimate of drug-likeness (QED) is 0.877. The molecular weight excluding hydrogens is 344 g/mol. The number of benzene rings is 1. The molecule has 0 spiro atoms. The van der Waals surface area contributed by atoms with E-state index in [2.05, 4.69) is 5.32 Å². The summed E-state index contributed by atoms with van der Waals surface area (Å²) in [5, 5.41) is 2.70. The Bertz CT molecular complexity index is 877. The van der Waals surface area contributed by atoms with Gasteiger partial charge in [-0.25, -0.2) is 4.68 Å². The highest BCUT2D eigenvalue weighted by Gasteiger charge is 2.20. The van der Waals surface area contributed by atoms with E-state index in [0.29, 0.717) is 5.69 Å². The summed E-state index contributed by atoms with van der Waals surface area (Å²) in [4.78, 5) is 39.1. The highest BCUT2D eigenvalue weighted by Crippen LogP contribution is 2.15. The van der Waals surface area contributed by atoms with Crippen molar-refractivity contribution in [2.24, 2.45) is 7.05 Å². The van der Waals surface area contributed by atoms with Gasteiger partial charge < -0.3 is 10.2 Å². The normalized spacial score (nSPS) is 14.2. The summed E-state index contributed by atoms with van der Waals surface area (Å²) < 4.78 is 3.23. The first-order valence-electron chi connectivity index (χ1n) is 9.40. The third-order valence-electron chi connectivity index (χ3n) is 5.09. The molecule has 1 fully saturated rings. The van der Waals surface area contributed by atoms with E-state index in [1.807, 2.05) is 35.2 Å². The van der Waals surface area contributed by atoms with Gasteiger partial charge in [-0.15, -0.1) is 0 Å². The van der Waals surface area contributed by atoms with Crippen LogP contribution in [-0.2, 0) is 16.6 Å². The van der Waals surface area contributed by atoms with Crippen LogP contribution in [-0.4, -0.2) is 39.2 Å². The molecule has 2 heterocycles. The van der Waals surface area contributed by atoms with Gasteiger partial charge in [0, 0.05) is 33.0 Å². The molecule has 27 heavy (non-hydrogen) atoms. The Hall–Kier alpha value is -2.83. The minimum atomic E-state index is -0.314. The molecule has 1 aromatic heterocycles. The second kappa shape index (κ2) is 8.24. The molecule has 0 atom stereocenters. The molecule has 1 aromatic carbocycles.